The summed E-state index contributed by atoms with van der Waals surface area (Å²) in [6.45, 7) is 5.61. The average molecular weight is 210 g/mol. The van der Waals surface area contributed by atoms with Gasteiger partial charge in [0.25, 0.3) is 0 Å². The Kier molecular flexibility index (Phi) is 3.19. The first-order valence-electron chi connectivity index (χ1n) is 5.46. The summed E-state index contributed by atoms with van der Waals surface area (Å²) in [6, 6.07) is 0.529. The molecule has 78 valence electrons. The van der Waals surface area contributed by atoms with Crippen LogP contribution in [-0.2, 0) is 0 Å². The van der Waals surface area contributed by atoms with Gasteiger partial charge in [-0.2, -0.15) is 0 Å². The molecule has 1 aliphatic heterocycles. The molecular formula is C11H18N2S. The molecule has 1 aliphatic rings. The largest absolute Gasteiger partial charge is 0.308 e. The quantitative estimate of drug-likeness (QED) is 0.811. The van der Waals surface area contributed by atoms with Crippen molar-refractivity contribution in [3.8, 4) is 0 Å². The van der Waals surface area contributed by atoms with Gasteiger partial charge in [-0.1, -0.05) is 20.3 Å². The van der Waals surface area contributed by atoms with Crippen molar-refractivity contribution in [2.75, 3.05) is 6.54 Å². The highest BCUT2D eigenvalue weighted by Gasteiger charge is 2.18. The Morgan fingerprint density at radius 2 is 2.36 bits per heavy atom. The molecule has 1 saturated heterocycles. The predicted octanol–water partition coefficient (Wildman–Crippen LogP) is 3.08. The summed E-state index contributed by atoms with van der Waals surface area (Å²) in [5, 5.41) is 4.82. The van der Waals surface area contributed by atoms with Crippen LogP contribution in [0.4, 0.5) is 0 Å². The third-order valence-electron chi connectivity index (χ3n) is 2.72. The van der Waals surface area contributed by atoms with Crippen LogP contribution in [0, 0.1) is 0 Å². The van der Waals surface area contributed by atoms with Crippen LogP contribution in [0.1, 0.15) is 55.0 Å². The van der Waals surface area contributed by atoms with E-state index in [-0.39, 0.29) is 0 Å². The van der Waals surface area contributed by atoms with Crippen LogP contribution >= 0.6 is 11.3 Å². The molecule has 1 N–H and O–H groups in total. The van der Waals surface area contributed by atoms with Crippen molar-refractivity contribution in [2.45, 2.75) is 45.1 Å². The summed E-state index contributed by atoms with van der Waals surface area (Å²) in [5.41, 5.74) is 0. The van der Waals surface area contributed by atoms with E-state index in [1.807, 2.05) is 17.5 Å². The molecule has 0 amide bonds. The highest BCUT2D eigenvalue weighted by Crippen LogP contribution is 2.29. The second kappa shape index (κ2) is 4.41. The average Bonchev–Trinajstić information content (AvgIpc) is 2.68. The SMILES string of the molecule is CC(C)c1cnc(C2CCCCN2)s1. The van der Waals surface area contributed by atoms with Crippen LogP contribution in [0.3, 0.4) is 0 Å². The number of nitrogens with zero attached hydrogens (tertiary/aromatic N) is 1. The van der Waals surface area contributed by atoms with Gasteiger partial charge in [0.15, 0.2) is 0 Å². The summed E-state index contributed by atoms with van der Waals surface area (Å²) >= 11 is 1.87. The molecule has 0 bridgehead atoms. The topological polar surface area (TPSA) is 24.9 Å². The van der Waals surface area contributed by atoms with E-state index in [9.17, 15) is 0 Å². The van der Waals surface area contributed by atoms with Gasteiger partial charge in [-0.05, 0) is 25.3 Å². The third kappa shape index (κ3) is 2.15. The third-order valence-corrected chi connectivity index (χ3v) is 4.13. The van der Waals surface area contributed by atoms with Crippen molar-refractivity contribution >= 4 is 11.3 Å². The zero-order valence-electron chi connectivity index (χ0n) is 8.92. The molecule has 3 heteroatoms. The second-order valence-electron chi connectivity index (χ2n) is 4.26. The molecule has 2 rings (SSSR count). The Labute approximate surface area is 89.8 Å². The fourth-order valence-electron chi connectivity index (χ4n) is 1.79. The van der Waals surface area contributed by atoms with E-state index < -0.39 is 0 Å². The molecule has 0 aromatic carbocycles. The summed E-state index contributed by atoms with van der Waals surface area (Å²) in [5.74, 6) is 0.616. The van der Waals surface area contributed by atoms with E-state index in [2.05, 4.69) is 24.1 Å². The minimum atomic E-state index is 0.529. The minimum absolute atomic E-state index is 0.529. The predicted molar refractivity (Wildman–Crippen MR) is 60.8 cm³/mol. The van der Waals surface area contributed by atoms with Gasteiger partial charge in [0.2, 0.25) is 0 Å². The van der Waals surface area contributed by atoms with Gasteiger partial charge in [-0.25, -0.2) is 4.98 Å². The number of piperidine rings is 1. The normalized spacial score (nSPS) is 22.9. The number of rotatable bonds is 2. The first-order chi connectivity index (χ1) is 6.77. The Hall–Kier alpha value is -0.410. The monoisotopic (exact) mass is 210 g/mol. The van der Waals surface area contributed by atoms with Crippen LogP contribution in [0.25, 0.3) is 0 Å². The zero-order valence-corrected chi connectivity index (χ0v) is 9.73. The highest BCUT2D eigenvalue weighted by molar-refractivity contribution is 7.11. The van der Waals surface area contributed by atoms with E-state index in [4.69, 9.17) is 0 Å². The van der Waals surface area contributed by atoms with Crippen molar-refractivity contribution in [1.82, 2.24) is 10.3 Å². The molecule has 2 heterocycles. The standard InChI is InChI=1S/C11H18N2S/c1-8(2)10-7-13-11(14-10)9-5-3-4-6-12-9/h7-9,12H,3-6H2,1-2H3. The Balaban J connectivity index is 2.07. The first-order valence-corrected chi connectivity index (χ1v) is 6.28. The van der Waals surface area contributed by atoms with Crippen LogP contribution in [-0.4, -0.2) is 11.5 Å². The number of hydrogen-bond acceptors (Lipinski definition) is 3. The summed E-state index contributed by atoms with van der Waals surface area (Å²) in [6.07, 6.45) is 5.96. The minimum Gasteiger partial charge on any atom is -0.308 e. The molecule has 2 nitrogen and oxygen atoms in total. The summed E-state index contributed by atoms with van der Waals surface area (Å²) in [4.78, 5) is 5.93. The van der Waals surface area contributed by atoms with E-state index in [0.29, 0.717) is 12.0 Å². The maximum Gasteiger partial charge on any atom is 0.110 e. The van der Waals surface area contributed by atoms with E-state index in [1.54, 1.807) is 0 Å². The second-order valence-corrected chi connectivity index (χ2v) is 5.35. The molecule has 1 aromatic rings. The van der Waals surface area contributed by atoms with E-state index in [1.165, 1.54) is 29.1 Å². The molecule has 0 spiro atoms. The van der Waals surface area contributed by atoms with Gasteiger partial charge in [0.1, 0.15) is 5.01 Å². The van der Waals surface area contributed by atoms with E-state index >= 15 is 0 Å². The number of aromatic nitrogens is 1. The molecule has 1 aromatic heterocycles. The van der Waals surface area contributed by atoms with Crippen LogP contribution in [0.5, 0.6) is 0 Å². The van der Waals surface area contributed by atoms with Crippen molar-refractivity contribution in [2.24, 2.45) is 0 Å². The van der Waals surface area contributed by atoms with Gasteiger partial charge < -0.3 is 5.32 Å². The van der Waals surface area contributed by atoms with Gasteiger partial charge in [-0.3, -0.25) is 0 Å². The van der Waals surface area contributed by atoms with Crippen molar-refractivity contribution in [1.29, 1.82) is 0 Å². The Morgan fingerprint density at radius 1 is 1.50 bits per heavy atom. The molecule has 1 unspecified atom stereocenters. The molecule has 0 saturated carbocycles. The van der Waals surface area contributed by atoms with E-state index in [0.717, 1.165) is 6.54 Å². The van der Waals surface area contributed by atoms with Gasteiger partial charge in [0, 0.05) is 11.1 Å². The lowest BCUT2D eigenvalue weighted by Gasteiger charge is -2.21. The fraction of sp³-hybridized carbons (Fsp3) is 0.727. The zero-order chi connectivity index (χ0) is 9.97. The van der Waals surface area contributed by atoms with Crippen LogP contribution < -0.4 is 5.32 Å². The molecule has 14 heavy (non-hydrogen) atoms. The maximum absolute atomic E-state index is 4.52. The lowest BCUT2D eigenvalue weighted by Crippen LogP contribution is -2.26. The summed E-state index contributed by atoms with van der Waals surface area (Å²) < 4.78 is 0. The maximum atomic E-state index is 4.52. The molecule has 1 fully saturated rings. The lowest BCUT2D eigenvalue weighted by molar-refractivity contribution is 0.411. The van der Waals surface area contributed by atoms with Crippen LogP contribution in [0.2, 0.25) is 0 Å². The fourth-order valence-corrected chi connectivity index (χ4v) is 2.82. The smallest absolute Gasteiger partial charge is 0.110 e. The first kappa shape index (κ1) is 10.1. The Morgan fingerprint density at radius 3 is 2.93 bits per heavy atom. The highest BCUT2D eigenvalue weighted by atomic mass is 32.1. The molecule has 0 radical (unpaired) electrons. The lowest BCUT2D eigenvalue weighted by atomic mass is 10.1. The molecule has 1 atom stereocenters. The summed E-state index contributed by atoms with van der Waals surface area (Å²) in [7, 11) is 0. The van der Waals surface area contributed by atoms with Gasteiger partial charge >= 0.3 is 0 Å². The van der Waals surface area contributed by atoms with Crippen molar-refractivity contribution < 1.29 is 0 Å². The van der Waals surface area contributed by atoms with Crippen LogP contribution in [0.15, 0.2) is 6.20 Å². The van der Waals surface area contributed by atoms with Gasteiger partial charge in [0.05, 0.1) is 6.04 Å². The van der Waals surface area contributed by atoms with Crippen molar-refractivity contribution in [3.63, 3.8) is 0 Å². The molecule has 0 aliphatic carbocycles. The number of nitrogens with one attached hydrogen (secondary N) is 1. The van der Waals surface area contributed by atoms with Crippen molar-refractivity contribution in [3.05, 3.63) is 16.1 Å². The number of thiazole rings is 1. The van der Waals surface area contributed by atoms with Gasteiger partial charge in [-0.15, -0.1) is 11.3 Å². The number of hydrogen-bond donors (Lipinski definition) is 1. The molecular weight excluding hydrogens is 192 g/mol. The Bertz CT molecular complexity index is 287.